The van der Waals surface area contributed by atoms with E-state index in [9.17, 15) is 0 Å². The predicted octanol–water partition coefficient (Wildman–Crippen LogP) is 0.547. The highest BCUT2D eigenvalue weighted by Crippen LogP contribution is 1.55. The molecule has 0 saturated heterocycles. The van der Waals surface area contributed by atoms with E-state index in [0.717, 1.165) is 0 Å². The van der Waals surface area contributed by atoms with E-state index in [-0.39, 0.29) is 0 Å². The van der Waals surface area contributed by atoms with Gasteiger partial charge in [-0.3, -0.25) is 0 Å². The zero-order valence-corrected chi connectivity index (χ0v) is 6.95. The minimum atomic E-state index is 1.63. The van der Waals surface area contributed by atoms with E-state index in [4.69, 9.17) is 5.26 Å². The SMILES string of the molecule is CC#CC#CC#CC#CC#CC#N. The molecule has 0 fully saturated rings. The van der Waals surface area contributed by atoms with Gasteiger partial charge in [0.15, 0.2) is 6.07 Å². The average Bonchev–Trinajstić information content (AvgIpc) is 2.16. The first kappa shape index (κ1) is 10.3. The summed E-state index contributed by atoms with van der Waals surface area (Å²) >= 11 is 0. The van der Waals surface area contributed by atoms with Crippen LogP contribution in [0, 0.1) is 70.5 Å². The van der Waals surface area contributed by atoms with Gasteiger partial charge >= 0.3 is 0 Å². The third-order valence-corrected chi connectivity index (χ3v) is 0.681. The standard InChI is InChI=1S/C12H3N/c1-2-3-4-5-6-7-8-9-10-11-12-13/h1H3. The van der Waals surface area contributed by atoms with Crippen molar-refractivity contribution in [1.29, 1.82) is 5.26 Å². The summed E-state index contributed by atoms with van der Waals surface area (Å²) in [6.45, 7) is 1.69. The van der Waals surface area contributed by atoms with Gasteiger partial charge in [-0.25, -0.2) is 0 Å². The fraction of sp³-hybridized carbons (Fsp3) is 0.0833. The lowest BCUT2D eigenvalue weighted by Gasteiger charge is -1.54. The Bertz CT molecular complexity index is 503. The maximum absolute atomic E-state index is 8.00. The summed E-state index contributed by atoms with van der Waals surface area (Å²) in [7, 11) is 0. The molecule has 0 aliphatic carbocycles. The molecule has 13 heavy (non-hydrogen) atoms. The molecule has 0 aromatic carbocycles. The number of nitrogens with zero attached hydrogens (tertiary/aromatic N) is 1. The topological polar surface area (TPSA) is 23.8 Å². The Morgan fingerprint density at radius 2 is 1.00 bits per heavy atom. The van der Waals surface area contributed by atoms with E-state index in [2.05, 4.69) is 59.2 Å². The number of hydrogen-bond acceptors (Lipinski definition) is 1. The zero-order valence-electron chi connectivity index (χ0n) is 6.95. The van der Waals surface area contributed by atoms with Crippen molar-refractivity contribution in [3.63, 3.8) is 0 Å². The van der Waals surface area contributed by atoms with Crippen molar-refractivity contribution in [1.82, 2.24) is 0 Å². The summed E-state index contributed by atoms with van der Waals surface area (Å²) in [6, 6.07) is 1.63. The molecule has 0 aromatic heterocycles. The van der Waals surface area contributed by atoms with Gasteiger partial charge in [0.25, 0.3) is 0 Å². The van der Waals surface area contributed by atoms with Gasteiger partial charge in [0.1, 0.15) is 0 Å². The van der Waals surface area contributed by atoms with E-state index in [0.29, 0.717) is 0 Å². The molecule has 0 aliphatic heterocycles. The summed E-state index contributed by atoms with van der Waals surface area (Å²) in [5.41, 5.74) is 0. The van der Waals surface area contributed by atoms with Gasteiger partial charge in [-0.2, -0.15) is 5.26 Å². The number of nitriles is 1. The lowest BCUT2D eigenvalue weighted by Crippen LogP contribution is -1.54. The summed E-state index contributed by atoms with van der Waals surface area (Å²) in [6.07, 6.45) is 0. The van der Waals surface area contributed by atoms with E-state index >= 15 is 0 Å². The Labute approximate surface area is 78.1 Å². The summed E-state index contributed by atoms with van der Waals surface area (Å²) in [5.74, 6) is 24.2. The Morgan fingerprint density at radius 3 is 1.38 bits per heavy atom. The first-order chi connectivity index (χ1) is 6.41. The molecule has 56 valence electrons. The predicted molar refractivity (Wildman–Crippen MR) is 50.2 cm³/mol. The van der Waals surface area contributed by atoms with Crippen molar-refractivity contribution in [2.24, 2.45) is 0 Å². The van der Waals surface area contributed by atoms with E-state index in [1.54, 1.807) is 13.0 Å². The molecule has 0 spiro atoms. The van der Waals surface area contributed by atoms with Crippen molar-refractivity contribution in [3.05, 3.63) is 0 Å². The highest BCUT2D eigenvalue weighted by Gasteiger charge is 1.55. The van der Waals surface area contributed by atoms with Crippen molar-refractivity contribution in [2.45, 2.75) is 6.92 Å². The Hall–Kier alpha value is -2.71. The maximum atomic E-state index is 8.00. The highest BCUT2D eigenvalue weighted by atomic mass is 14.2. The molecule has 0 bridgehead atoms. The quantitative estimate of drug-likeness (QED) is 0.476. The molecule has 0 aliphatic rings. The van der Waals surface area contributed by atoms with Gasteiger partial charge in [0.2, 0.25) is 0 Å². The molecular weight excluding hydrogens is 158 g/mol. The van der Waals surface area contributed by atoms with Crippen LogP contribution in [0.3, 0.4) is 0 Å². The number of rotatable bonds is 0. The van der Waals surface area contributed by atoms with Crippen LogP contribution in [0.4, 0.5) is 0 Å². The van der Waals surface area contributed by atoms with Crippen molar-refractivity contribution in [3.8, 4) is 65.3 Å². The van der Waals surface area contributed by atoms with Gasteiger partial charge in [0.05, 0.1) is 0 Å². The van der Waals surface area contributed by atoms with E-state index in [1.807, 2.05) is 0 Å². The van der Waals surface area contributed by atoms with Crippen molar-refractivity contribution >= 4 is 0 Å². The largest absolute Gasteiger partial charge is 0.183 e. The van der Waals surface area contributed by atoms with Crippen LogP contribution < -0.4 is 0 Å². The van der Waals surface area contributed by atoms with Crippen LogP contribution in [0.25, 0.3) is 0 Å². The molecule has 1 heteroatoms. The van der Waals surface area contributed by atoms with Crippen LogP contribution in [-0.4, -0.2) is 0 Å². The maximum Gasteiger partial charge on any atom is 0.153 e. The van der Waals surface area contributed by atoms with Gasteiger partial charge in [-0.15, -0.1) is 0 Å². The fourth-order valence-electron chi connectivity index (χ4n) is 0.309. The third-order valence-electron chi connectivity index (χ3n) is 0.681. The normalized spacial score (nSPS) is 3.69. The molecule has 0 atom stereocenters. The first-order valence-corrected chi connectivity index (χ1v) is 3.22. The highest BCUT2D eigenvalue weighted by molar-refractivity contribution is 5.43. The lowest BCUT2D eigenvalue weighted by molar-refractivity contribution is 1.55. The molecule has 0 unspecified atom stereocenters. The van der Waals surface area contributed by atoms with Gasteiger partial charge < -0.3 is 0 Å². The second kappa shape index (κ2) is 9.29. The molecule has 0 radical (unpaired) electrons. The van der Waals surface area contributed by atoms with Gasteiger partial charge in [-0.1, -0.05) is 5.92 Å². The zero-order chi connectivity index (χ0) is 9.78. The van der Waals surface area contributed by atoms with Gasteiger partial charge in [0, 0.05) is 29.6 Å². The Morgan fingerprint density at radius 1 is 0.615 bits per heavy atom. The lowest BCUT2D eigenvalue weighted by atomic mass is 10.5. The minimum absolute atomic E-state index is 1.63. The van der Waals surface area contributed by atoms with Crippen LogP contribution in [0.5, 0.6) is 0 Å². The molecular formula is C12H3N. The van der Waals surface area contributed by atoms with Crippen LogP contribution >= 0.6 is 0 Å². The molecule has 0 N–H and O–H groups in total. The Kier molecular flexibility index (Phi) is 7.35. The number of hydrogen-bond donors (Lipinski definition) is 0. The molecule has 0 aromatic rings. The smallest absolute Gasteiger partial charge is 0.153 e. The Balaban J connectivity index is 4.14. The third kappa shape index (κ3) is 9.29. The van der Waals surface area contributed by atoms with Crippen molar-refractivity contribution in [2.75, 3.05) is 0 Å². The van der Waals surface area contributed by atoms with Crippen molar-refractivity contribution < 1.29 is 0 Å². The first-order valence-electron chi connectivity index (χ1n) is 3.22. The average molecular weight is 161 g/mol. The molecule has 0 heterocycles. The molecule has 0 amide bonds. The van der Waals surface area contributed by atoms with Crippen LogP contribution in [0.1, 0.15) is 6.92 Å². The van der Waals surface area contributed by atoms with Crippen LogP contribution in [0.15, 0.2) is 0 Å². The van der Waals surface area contributed by atoms with Crippen LogP contribution in [0.2, 0.25) is 0 Å². The minimum Gasteiger partial charge on any atom is -0.183 e. The summed E-state index contributed by atoms with van der Waals surface area (Å²) < 4.78 is 0. The van der Waals surface area contributed by atoms with Crippen LogP contribution in [-0.2, 0) is 0 Å². The molecule has 0 saturated carbocycles. The molecule has 1 nitrogen and oxygen atoms in total. The summed E-state index contributed by atoms with van der Waals surface area (Å²) in [5, 5.41) is 8.00. The van der Waals surface area contributed by atoms with E-state index < -0.39 is 0 Å². The van der Waals surface area contributed by atoms with Gasteiger partial charge in [-0.05, 0) is 30.6 Å². The molecule has 0 rings (SSSR count). The van der Waals surface area contributed by atoms with E-state index in [1.165, 1.54) is 0 Å². The second-order valence-electron chi connectivity index (χ2n) is 1.49. The fourth-order valence-corrected chi connectivity index (χ4v) is 0.309. The monoisotopic (exact) mass is 161 g/mol. The second-order valence-corrected chi connectivity index (χ2v) is 1.49. The summed E-state index contributed by atoms with van der Waals surface area (Å²) in [4.78, 5) is 0.